The summed E-state index contributed by atoms with van der Waals surface area (Å²) in [6, 6.07) is 10.7. The van der Waals surface area contributed by atoms with Gasteiger partial charge < -0.3 is 10.2 Å². The van der Waals surface area contributed by atoms with Crippen LogP contribution in [-0.2, 0) is 4.79 Å². The van der Waals surface area contributed by atoms with Crippen LogP contribution in [0.1, 0.15) is 50.1 Å². The molecular weight excluding hydrogens is 376 g/mol. The summed E-state index contributed by atoms with van der Waals surface area (Å²) in [5, 5.41) is 3.34. The van der Waals surface area contributed by atoms with E-state index in [0.717, 1.165) is 31.1 Å². The molecule has 4 fully saturated rings. The maximum absolute atomic E-state index is 13.2. The molecule has 0 aliphatic heterocycles. The first-order valence-electron chi connectivity index (χ1n) is 9.58. The molecule has 1 aromatic rings. The predicted molar refractivity (Wildman–Crippen MR) is 105 cm³/mol. The van der Waals surface area contributed by atoms with Crippen molar-refractivity contribution in [2.75, 3.05) is 20.6 Å². The van der Waals surface area contributed by atoms with Gasteiger partial charge in [0.05, 0.1) is 11.5 Å². The molecule has 0 aromatic heterocycles. The standard InChI is InChI=1S/C21H29BrN2O/c1-24(2)18(17-6-4-3-5-7-17)13-23-19(25)20-9-15-8-16(10-20)12-21(22,11-15)14-20/h3-7,15-16,18H,8-14H2,1-2H3,(H,23,25)/t15-,16+,18-,20?,21?/m0/s1. The molecule has 2 unspecified atom stereocenters. The zero-order valence-corrected chi connectivity index (χ0v) is 16.9. The fourth-order valence-electron chi connectivity index (χ4n) is 6.07. The number of hydrogen-bond donors (Lipinski definition) is 1. The molecule has 1 aromatic carbocycles. The second-order valence-corrected chi connectivity index (χ2v) is 10.7. The van der Waals surface area contributed by atoms with Crippen LogP contribution in [0.2, 0.25) is 0 Å². The smallest absolute Gasteiger partial charge is 0.226 e. The van der Waals surface area contributed by atoms with Crippen molar-refractivity contribution in [3.05, 3.63) is 35.9 Å². The van der Waals surface area contributed by atoms with Crippen LogP contribution in [0.15, 0.2) is 30.3 Å². The quantitative estimate of drug-likeness (QED) is 0.747. The minimum absolute atomic E-state index is 0.124. The number of carbonyl (C=O) groups is 1. The van der Waals surface area contributed by atoms with Gasteiger partial charge in [0.2, 0.25) is 5.91 Å². The Hall–Kier alpha value is -0.870. The zero-order chi connectivity index (χ0) is 17.7. The molecule has 4 bridgehead atoms. The number of carbonyl (C=O) groups excluding carboxylic acids is 1. The molecule has 25 heavy (non-hydrogen) atoms. The van der Waals surface area contributed by atoms with E-state index in [1.165, 1.54) is 24.8 Å². The van der Waals surface area contributed by atoms with Crippen LogP contribution in [0.5, 0.6) is 0 Å². The van der Waals surface area contributed by atoms with E-state index in [1.54, 1.807) is 0 Å². The maximum atomic E-state index is 13.2. The average molecular weight is 405 g/mol. The molecule has 0 heterocycles. The highest BCUT2D eigenvalue weighted by atomic mass is 79.9. The summed E-state index contributed by atoms with van der Waals surface area (Å²) in [7, 11) is 4.17. The Labute approximate surface area is 159 Å². The van der Waals surface area contributed by atoms with Crippen LogP contribution >= 0.6 is 15.9 Å². The third-order valence-electron chi connectivity index (χ3n) is 6.74. The van der Waals surface area contributed by atoms with Crippen molar-refractivity contribution < 1.29 is 4.79 Å². The number of benzene rings is 1. The number of halogens is 1. The second kappa shape index (κ2) is 6.38. The fourth-order valence-corrected chi connectivity index (χ4v) is 7.52. The van der Waals surface area contributed by atoms with Gasteiger partial charge in [0.15, 0.2) is 0 Å². The van der Waals surface area contributed by atoms with Gasteiger partial charge in [-0.25, -0.2) is 0 Å². The molecule has 136 valence electrons. The topological polar surface area (TPSA) is 32.3 Å². The summed E-state index contributed by atoms with van der Waals surface area (Å²) in [5.41, 5.74) is 1.14. The van der Waals surface area contributed by atoms with Crippen molar-refractivity contribution >= 4 is 21.8 Å². The van der Waals surface area contributed by atoms with E-state index in [-0.39, 0.29) is 15.8 Å². The van der Waals surface area contributed by atoms with Crippen molar-refractivity contribution in [2.45, 2.75) is 48.9 Å². The Morgan fingerprint density at radius 3 is 2.40 bits per heavy atom. The highest BCUT2D eigenvalue weighted by Gasteiger charge is 2.59. The average Bonchev–Trinajstić information content (AvgIpc) is 2.53. The Bertz CT molecular complexity index is 631. The number of likely N-dealkylation sites (N-methyl/N-ethyl adjacent to an activating group) is 1. The normalized spacial score (nSPS) is 37.3. The molecule has 0 saturated heterocycles. The van der Waals surface area contributed by atoms with Gasteiger partial charge in [0, 0.05) is 10.9 Å². The van der Waals surface area contributed by atoms with Gasteiger partial charge in [-0.1, -0.05) is 46.3 Å². The molecule has 0 spiro atoms. The summed E-state index contributed by atoms with van der Waals surface area (Å²) in [6.45, 7) is 0.683. The van der Waals surface area contributed by atoms with Crippen LogP contribution in [-0.4, -0.2) is 35.8 Å². The van der Waals surface area contributed by atoms with E-state index in [4.69, 9.17) is 0 Å². The van der Waals surface area contributed by atoms with Gasteiger partial charge in [-0.2, -0.15) is 0 Å². The molecule has 4 heteroatoms. The molecule has 3 nitrogen and oxygen atoms in total. The number of nitrogens with one attached hydrogen (secondary N) is 1. The highest BCUT2D eigenvalue weighted by molar-refractivity contribution is 9.10. The third kappa shape index (κ3) is 3.28. The molecule has 5 rings (SSSR count). The Kier molecular flexibility index (Phi) is 4.48. The maximum Gasteiger partial charge on any atom is 0.226 e. The molecule has 4 saturated carbocycles. The van der Waals surface area contributed by atoms with E-state index >= 15 is 0 Å². The zero-order valence-electron chi connectivity index (χ0n) is 15.3. The minimum atomic E-state index is -0.124. The monoisotopic (exact) mass is 404 g/mol. The predicted octanol–water partition coefficient (Wildman–Crippen LogP) is 4.14. The first-order chi connectivity index (χ1) is 11.9. The first-order valence-corrected chi connectivity index (χ1v) is 10.4. The number of amides is 1. The Morgan fingerprint density at radius 1 is 1.20 bits per heavy atom. The molecule has 1 amide bonds. The third-order valence-corrected chi connectivity index (χ3v) is 7.66. The largest absolute Gasteiger partial charge is 0.354 e. The van der Waals surface area contributed by atoms with Crippen LogP contribution in [0, 0.1) is 17.3 Å². The number of nitrogens with zero attached hydrogens (tertiary/aromatic N) is 1. The van der Waals surface area contributed by atoms with Gasteiger partial charge >= 0.3 is 0 Å². The van der Waals surface area contributed by atoms with Crippen LogP contribution < -0.4 is 5.32 Å². The van der Waals surface area contributed by atoms with Crippen molar-refractivity contribution in [3.8, 4) is 0 Å². The summed E-state index contributed by atoms with van der Waals surface area (Å²) in [4.78, 5) is 15.4. The van der Waals surface area contributed by atoms with E-state index in [2.05, 4.69) is 64.5 Å². The minimum Gasteiger partial charge on any atom is -0.354 e. The summed E-state index contributed by atoms with van der Waals surface area (Å²) in [6.07, 6.45) is 7.09. The summed E-state index contributed by atoms with van der Waals surface area (Å²) < 4.78 is 0.231. The molecule has 0 radical (unpaired) electrons. The lowest BCUT2D eigenvalue weighted by atomic mass is 9.49. The SMILES string of the molecule is CN(C)[C@@H](CNC(=O)C12C[C@@H]3C[C@@H](CC(Br)(C3)C1)C2)c1ccccc1. The highest BCUT2D eigenvalue weighted by Crippen LogP contribution is 2.64. The fraction of sp³-hybridized carbons (Fsp3) is 0.667. The Morgan fingerprint density at radius 2 is 1.84 bits per heavy atom. The van der Waals surface area contributed by atoms with Crippen molar-refractivity contribution in [1.29, 1.82) is 0 Å². The van der Waals surface area contributed by atoms with E-state index in [1.807, 2.05) is 6.07 Å². The van der Waals surface area contributed by atoms with E-state index < -0.39 is 0 Å². The van der Waals surface area contributed by atoms with Gasteiger partial charge in [0.25, 0.3) is 0 Å². The van der Waals surface area contributed by atoms with Crippen LogP contribution in [0.3, 0.4) is 0 Å². The van der Waals surface area contributed by atoms with Crippen molar-refractivity contribution in [1.82, 2.24) is 10.2 Å². The van der Waals surface area contributed by atoms with E-state index in [9.17, 15) is 4.79 Å². The van der Waals surface area contributed by atoms with Crippen molar-refractivity contribution in [3.63, 3.8) is 0 Å². The van der Waals surface area contributed by atoms with Gasteiger partial charge in [-0.15, -0.1) is 0 Å². The molecule has 1 N–H and O–H groups in total. The lowest BCUT2D eigenvalue weighted by Crippen LogP contribution is -2.58. The molecule has 5 atom stereocenters. The van der Waals surface area contributed by atoms with Gasteiger partial charge in [0.1, 0.15) is 0 Å². The van der Waals surface area contributed by atoms with Gasteiger partial charge in [-0.3, -0.25) is 4.79 Å². The van der Waals surface area contributed by atoms with Gasteiger partial charge in [-0.05, 0) is 70.0 Å². The van der Waals surface area contributed by atoms with E-state index in [0.29, 0.717) is 12.5 Å². The van der Waals surface area contributed by atoms with Crippen LogP contribution in [0.25, 0.3) is 0 Å². The van der Waals surface area contributed by atoms with Crippen LogP contribution in [0.4, 0.5) is 0 Å². The Balaban J connectivity index is 1.47. The number of alkyl halides is 1. The first kappa shape index (κ1) is 17.5. The second-order valence-electron chi connectivity index (χ2n) is 8.99. The molecular formula is C21H29BrN2O. The molecule has 4 aliphatic carbocycles. The lowest BCUT2D eigenvalue weighted by Gasteiger charge is -2.59. The van der Waals surface area contributed by atoms with Crippen molar-refractivity contribution in [2.24, 2.45) is 17.3 Å². The molecule has 4 aliphatic rings. The number of hydrogen-bond acceptors (Lipinski definition) is 2. The summed E-state index contributed by atoms with van der Waals surface area (Å²) >= 11 is 4.01. The summed E-state index contributed by atoms with van der Waals surface area (Å²) in [5.74, 6) is 1.78. The number of rotatable bonds is 5. The lowest BCUT2D eigenvalue weighted by molar-refractivity contribution is -0.144.